The van der Waals surface area contributed by atoms with Gasteiger partial charge >= 0.3 is 5.97 Å². The van der Waals surface area contributed by atoms with Crippen LogP contribution in [0, 0.1) is 12.8 Å². The number of thiophene rings is 1. The highest BCUT2D eigenvalue weighted by Crippen LogP contribution is 2.28. The van der Waals surface area contributed by atoms with Crippen molar-refractivity contribution in [2.75, 3.05) is 45.5 Å². The molecule has 210 valence electrons. The maximum Gasteiger partial charge on any atom is 0.308 e. The van der Waals surface area contributed by atoms with Crippen LogP contribution in [0.4, 0.5) is 5.69 Å². The van der Waals surface area contributed by atoms with Crippen molar-refractivity contribution in [2.24, 2.45) is 5.92 Å². The average Bonchev–Trinajstić information content (AvgIpc) is 3.53. The Morgan fingerprint density at radius 1 is 1.05 bits per heavy atom. The summed E-state index contributed by atoms with van der Waals surface area (Å²) in [6.45, 7) is 3.69. The van der Waals surface area contributed by atoms with E-state index in [-0.39, 0.29) is 36.3 Å². The Labute approximate surface area is 233 Å². The fourth-order valence-electron chi connectivity index (χ4n) is 5.05. The predicted molar refractivity (Wildman–Crippen MR) is 151 cm³/mol. The number of nitrogens with zero attached hydrogens (tertiary/aromatic N) is 2. The van der Waals surface area contributed by atoms with Gasteiger partial charge in [-0.05, 0) is 67.8 Å². The fourth-order valence-corrected chi connectivity index (χ4v) is 5.87. The van der Waals surface area contributed by atoms with Gasteiger partial charge in [0.2, 0.25) is 5.91 Å². The molecule has 1 aliphatic carbocycles. The quantitative estimate of drug-likeness (QED) is 0.266. The monoisotopic (exact) mass is 555 g/mol. The third kappa shape index (κ3) is 7.26. The lowest BCUT2D eigenvalue weighted by Crippen LogP contribution is -2.41. The number of aryl methyl sites for hydroxylation is 1. The number of methoxy groups -OCH3 is 2. The van der Waals surface area contributed by atoms with Gasteiger partial charge in [-0.15, -0.1) is 11.3 Å². The number of fused-ring (bicyclic) bond motifs is 1. The fraction of sp³-hybridized carbons (Fsp3) is 0.483. The van der Waals surface area contributed by atoms with Gasteiger partial charge in [-0.2, -0.15) is 0 Å². The maximum absolute atomic E-state index is 13.8. The van der Waals surface area contributed by atoms with Gasteiger partial charge in [0.1, 0.15) is 12.2 Å². The molecule has 0 unspecified atom stereocenters. The Hall–Kier alpha value is -3.21. The lowest BCUT2D eigenvalue weighted by molar-refractivity contribution is -0.146. The Balaban J connectivity index is 1.50. The Bertz CT molecular complexity index is 1280. The van der Waals surface area contributed by atoms with Gasteiger partial charge < -0.3 is 29.0 Å². The van der Waals surface area contributed by atoms with E-state index in [4.69, 9.17) is 14.2 Å². The number of rotatable bonds is 12. The molecule has 9 nitrogen and oxygen atoms in total. The summed E-state index contributed by atoms with van der Waals surface area (Å²) in [5.74, 6) is -0.638. The zero-order valence-electron chi connectivity index (χ0n) is 22.8. The minimum absolute atomic E-state index is 0.0179. The van der Waals surface area contributed by atoms with E-state index in [2.05, 4.69) is 5.32 Å². The van der Waals surface area contributed by atoms with Crippen LogP contribution >= 0.6 is 11.3 Å². The van der Waals surface area contributed by atoms with E-state index in [0.29, 0.717) is 57.7 Å². The highest BCUT2D eigenvalue weighted by atomic mass is 32.1. The van der Waals surface area contributed by atoms with Gasteiger partial charge in [-0.3, -0.25) is 14.4 Å². The lowest BCUT2D eigenvalue weighted by Gasteiger charge is -2.28. The highest BCUT2D eigenvalue weighted by molar-refractivity contribution is 7.17. The number of aromatic nitrogens is 1. The van der Waals surface area contributed by atoms with Gasteiger partial charge in [-0.1, -0.05) is 12.1 Å². The van der Waals surface area contributed by atoms with Crippen molar-refractivity contribution in [1.29, 1.82) is 0 Å². The smallest absolute Gasteiger partial charge is 0.308 e. The van der Waals surface area contributed by atoms with E-state index < -0.39 is 0 Å². The highest BCUT2D eigenvalue weighted by Gasteiger charge is 2.29. The third-order valence-electron chi connectivity index (χ3n) is 7.15. The maximum atomic E-state index is 13.8. The first-order valence-corrected chi connectivity index (χ1v) is 14.2. The molecule has 0 spiro atoms. The van der Waals surface area contributed by atoms with Crippen LogP contribution in [0.2, 0.25) is 0 Å². The van der Waals surface area contributed by atoms with E-state index >= 15 is 0 Å². The summed E-state index contributed by atoms with van der Waals surface area (Å²) < 4.78 is 18.3. The van der Waals surface area contributed by atoms with Crippen molar-refractivity contribution in [2.45, 2.75) is 45.2 Å². The van der Waals surface area contributed by atoms with E-state index in [0.717, 1.165) is 21.5 Å². The van der Waals surface area contributed by atoms with Gasteiger partial charge in [0, 0.05) is 25.4 Å². The Morgan fingerprint density at radius 3 is 2.56 bits per heavy atom. The summed E-state index contributed by atoms with van der Waals surface area (Å²) in [5, 5.41) is 5.10. The second-order valence-electron chi connectivity index (χ2n) is 9.82. The molecule has 1 N–H and O–H groups in total. The molecule has 0 bridgehead atoms. The van der Waals surface area contributed by atoms with E-state index in [1.54, 1.807) is 16.6 Å². The van der Waals surface area contributed by atoms with E-state index in [9.17, 15) is 14.4 Å². The number of benzene rings is 1. The zero-order chi connectivity index (χ0) is 27.8. The molecule has 1 aliphatic rings. The van der Waals surface area contributed by atoms with Crippen LogP contribution in [-0.4, -0.2) is 69.0 Å². The van der Waals surface area contributed by atoms with Crippen LogP contribution in [0.15, 0.2) is 41.8 Å². The lowest BCUT2D eigenvalue weighted by atomic mass is 9.86. The van der Waals surface area contributed by atoms with Crippen LogP contribution in [0.1, 0.15) is 41.7 Å². The summed E-state index contributed by atoms with van der Waals surface area (Å²) >= 11 is 1.54. The number of carbonyl (C=O) groups excluding carboxylic acids is 3. The van der Waals surface area contributed by atoms with Crippen molar-refractivity contribution in [3.05, 3.63) is 53.0 Å². The molecule has 1 aromatic carbocycles. The second kappa shape index (κ2) is 13.7. The molecule has 0 atom stereocenters. The van der Waals surface area contributed by atoms with Crippen molar-refractivity contribution >= 4 is 45.0 Å². The summed E-state index contributed by atoms with van der Waals surface area (Å²) in [6.07, 6.45) is 2.79. The average molecular weight is 556 g/mol. The van der Waals surface area contributed by atoms with Gasteiger partial charge in [-0.25, -0.2) is 0 Å². The van der Waals surface area contributed by atoms with Crippen LogP contribution in [0.3, 0.4) is 0 Å². The molecule has 3 aromatic rings. The number of carbonyl (C=O) groups is 3. The third-order valence-corrected chi connectivity index (χ3v) is 8.00. The molecule has 1 saturated carbocycles. The number of hydrogen-bond donors (Lipinski definition) is 1. The predicted octanol–water partition coefficient (Wildman–Crippen LogP) is 4.17. The number of hydrogen-bond acceptors (Lipinski definition) is 7. The summed E-state index contributed by atoms with van der Waals surface area (Å²) in [5.41, 5.74) is 3.15. The van der Waals surface area contributed by atoms with E-state index in [1.165, 1.54) is 18.4 Å². The molecule has 1 fully saturated rings. The number of nitrogens with one attached hydrogen (secondary N) is 1. The van der Waals surface area contributed by atoms with Crippen molar-refractivity contribution in [1.82, 2.24) is 9.88 Å². The minimum atomic E-state index is -0.210. The molecule has 0 saturated heterocycles. The van der Waals surface area contributed by atoms with Gasteiger partial charge in [0.05, 0.1) is 43.1 Å². The second-order valence-corrected chi connectivity index (χ2v) is 10.8. The normalized spacial score (nSPS) is 17.2. The topological polar surface area (TPSA) is 99.1 Å². The molecule has 0 aliphatic heterocycles. The Morgan fingerprint density at radius 2 is 1.85 bits per heavy atom. The molecule has 10 heteroatoms. The summed E-state index contributed by atoms with van der Waals surface area (Å²) in [7, 11) is 3.03. The zero-order valence-corrected chi connectivity index (χ0v) is 23.6. The first-order chi connectivity index (χ1) is 18.9. The molecular formula is C29H37N3O6S. The summed E-state index contributed by atoms with van der Waals surface area (Å²) in [6, 6.07) is 11.6. The number of amides is 2. The summed E-state index contributed by atoms with van der Waals surface area (Å²) in [4.78, 5) is 40.8. The molecule has 2 amide bonds. The molecular weight excluding hydrogens is 518 g/mol. The molecule has 2 heterocycles. The van der Waals surface area contributed by atoms with Crippen LogP contribution < -0.4 is 10.2 Å². The van der Waals surface area contributed by atoms with Crippen LogP contribution in [0.25, 0.3) is 10.2 Å². The van der Waals surface area contributed by atoms with Crippen molar-refractivity contribution in [3.8, 4) is 0 Å². The van der Waals surface area contributed by atoms with Gasteiger partial charge in [0.15, 0.2) is 0 Å². The first kappa shape index (κ1) is 28.8. The van der Waals surface area contributed by atoms with E-state index in [1.807, 2.05) is 48.7 Å². The molecule has 4 rings (SSSR count). The largest absolute Gasteiger partial charge is 0.469 e. The molecule has 39 heavy (non-hydrogen) atoms. The van der Waals surface area contributed by atoms with Gasteiger partial charge in [0.25, 0.3) is 5.91 Å². The molecule has 0 radical (unpaired) electrons. The SMILES string of the molecule is COCCOCCN(C(=O)Cn1c(C(=O)NC2CCC(C(=O)OC)CC2)cc2sccc21)c1cccc(C)c1. The van der Waals surface area contributed by atoms with Crippen molar-refractivity contribution < 1.29 is 28.6 Å². The molecule has 2 aromatic heterocycles. The number of esters is 1. The van der Waals surface area contributed by atoms with Crippen LogP contribution in [-0.2, 0) is 30.3 Å². The Kier molecular flexibility index (Phi) is 10.1. The number of ether oxygens (including phenoxy) is 3. The number of anilines is 1. The standard InChI is InChI=1S/C29H37N3O6S/c1-20-5-4-6-23(17-20)31(12-13-38-15-14-36-2)27(33)19-32-24-11-16-39-26(24)18-25(32)28(34)30-22-9-7-21(8-10-22)29(35)37-3/h4-6,11,16-18,21-22H,7-10,12-15,19H2,1-3H3,(H,30,34). The first-order valence-electron chi connectivity index (χ1n) is 13.3. The van der Waals surface area contributed by atoms with Crippen LogP contribution in [0.5, 0.6) is 0 Å². The van der Waals surface area contributed by atoms with Crippen molar-refractivity contribution in [3.63, 3.8) is 0 Å². The minimum Gasteiger partial charge on any atom is -0.469 e.